The van der Waals surface area contributed by atoms with Crippen LogP contribution in [0.5, 0.6) is 17.2 Å². The minimum Gasteiger partial charge on any atom is -0.505 e. The minimum absolute atomic E-state index is 0.0594. The van der Waals surface area contributed by atoms with E-state index < -0.39 is 11.6 Å². The molecular formula is C12H13FO4. The Kier molecular flexibility index (Phi) is 3.17. The fourth-order valence-electron chi connectivity index (χ4n) is 1.80. The van der Waals surface area contributed by atoms with E-state index in [1.165, 1.54) is 6.07 Å². The second kappa shape index (κ2) is 4.61. The number of hydrogen-bond donors (Lipinski definition) is 1. The molecule has 1 unspecified atom stereocenters. The Labute approximate surface area is 98.0 Å². The lowest BCUT2D eigenvalue weighted by Gasteiger charge is -2.22. The fourth-order valence-corrected chi connectivity index (χ4v) is 1.80. The molecule has 1 heterocycles. The predicted molar refractivity (Wildman–Crippen MR) is 58.2 cm³/mol. The lowest BCUT2D eigenvalue weighted by Crippen LogP contribution is -2.17. The number of rotatable bonds is 3. The molecule has 0 bridgehead atoms. The van der Waals surface area contributed by atoms with Crippen LogP contribution in [-0.4, -0.2) is 24.6 Å². The highest BCUT2D eigenvalue weighted by Crippen LogP contribution is 2.42. The van der Waals surface area contributed by atoms with Crippen LogP contribution in [0.2, 0.25) is 0 Å². The highest BCUT2D eigenvalue weighted by atomic mass is 19.1. The maximum Gasteiger partial charge on any atom is 0.210 e. The molecule has 1 atom stereocenters. The molecule has 0 saturated heterocycles. The first-order valence-electron chi connectivity index (χ1n) is 5.39. The first-order chi connectivity index (χ1) is 8.15. The van der Waals surface area contributed by atoms with Gasteiger partial charge in [0.1, 0.15) is 19.5 Å². The van der Waals surface area contributed by atoms with Gasteiger partial charge < -0.3 is 19.4 Å². The van der Waals surface area contributed by atoms with Gasteiger partial charge in [0, 0.05) is 12.0 Å². The van der Waals surface area contributed by atoms with Crippen LogP contribution >= 0.6 is 0 Å². The summed E-state index contributed by atoms with van der Waals surface area (Å²) in [5.41, 5.74) is 0.360. The quantitative estimate of drug-likeness (QED) is 0.821. The van der Waals surface area contributed by atoms with Crippen LogP contribution in [-0.2, 0) is 4.79 Å². The first-order valence-corrected chi connectivity index (χ1v) is 5.39. The third kappa shape index (κ3) is 2.05. The Balaban J connectivity index is 2.47. The van der Waals surface area contributed by atoms with Crippen molar-refractivity contribution in [3.63, 3.8) is 0 Å². The molecule has 1 N–H and O–H groups in total. The second-order valence-corrected chi connectivity index (χ2v) is 3.96. The number of fused-ring (bicyclic) bond motifs is 1. The van der Waals surface area contributed by atoms with Gasteiger partial charge in [-0.3, -0.25) is 0 Å². The van der Waals surface area contributed by atoms with Gasteiger partial charge in [0.05, 0.1) is 0 Å². The summed E-state index contributed by atoms with van der Waals surface area (Å²) in [7, 11) is 0. The van der Waals surface area contributed by atoms with Gasteiger partial charge in [-0.1, -0.05) is 6.92 Å². The highest BCUT2D eigenvalue weighted by molar-refractivity contribution is 5.57. The van der Waals surface area contributed by atoms with E-state index in [2.05, 4.69) is 0 Å². The normalized spacial score (nSPS) is 15.4. The molecule has 1 aromatic carbocycles. The van der Waals surface area contributed by atoms with E-state index in [1.54, 1.807) is 6.92 Å². The summed E-state index contributed by atoms with van der Waals surface area (Å²) in [6, 6.07) is 1.53. The van der Waals surface area contributed by atoms with Crippen LogP contribution in [0.4, 0.5) is 4.39 Å². The van der Waals surface area contributed by atoms with Gasteiger partial charge in [-0.05, 0) is 12.0 Å². The number of aldehydes is 1. The Bertz CT molecular complexity index is 445. The molecule has 92 valence electrons. The van der Waals surface area contributed by atoms with Crippen molar-refractivity contribution in [3.05, 3.63) is 17.4 Å². The highest BCUT2D eigenvalue weighted by Gasteiger charge is 2.25. The third-order valence-corrected chi connectivity index (χ3v) is 2.76. The summed E-state index contributed by atoms with van der Waals surface area (Å²) in [6.07, 6.45) is 0.950. The standard InChI is InChI=1S/C12H13FO4/c1-7(2-3-14)8-6-9-12(10(13)11(8)15)17-5-4-16-9/h3,6-7,15H,2,4-5H2,1H3. The fraction of sp³-hybridized carbons (Fsp3) is 0.417. The second-order valence-electron chi connectivity index (χ2n) is 3.96. The lowest BCUT2D eigenvalue weighted by atomic mass is 9.96. The van der Waals surface area contributed by atoms with E-state index in [1.807, 2.05) is 0 Å². The van der Waals surface area contributed by atoms with Crippen molar-refractivity contribution >= 4 is 6.29 Å². The Hall–Kier alpha value is -1.78. The predicted octanol–water partition coefficient (Wildman–Crippen LogP) is 1.99. The zero-order valence-corrected chi connectivity index (χ0v) is 9.40. The summed E-state index contributed by atoms with van der Waals surface area (Å²) in [5.74, 6) is -1.34. The summed E-state index contributed by atoms with van der Waals surface area (Å²) >= 11 is 0. The largest absolute Gasteiger partial charge is 0.505 e. The van der Waals surface area contributed by atoms with Crippen LogP contribution in [0.3, 0.4) is 0 Å². The zero-order chi connectivity index (χ0) is 12.4. The molecule has 0 fully saturated rings. The maximum atomic E-state index is 13.8. The number of hydrogen-bond acceptors (Lipinski definition) is 4. The van der Waals surface area contributed by atoms with Crippen molar-refractivity contribution in [1.82, 2.24) is 0 Å². The number of benzene rings is 1. The summed E-state index contributed by atoms with van der Waals surface area (Å²) in [4.78, 5) is 10.4. The van der Waals surface area contributed by atoms with Crippen molar-refractivity contribution in [2.45, 2.75) is 19.3 Å². The number of phenolic OH excluding ortho intramolecular Hbond substituents is 1. The Morgan fingerprint density at radius 1 is 1.53 bits per heavy atom. The molecule has 0 aromatic heterocycles. The molecule has 17 heavy (non-hydrogen) atoms. The average molecular weight is 240 g/mol. The van der Waals surface area contributed by atoms with Crippen LogP contribution in [0.25, 0.3) is 0 Å². The minimum atomic E-state index is -0.824. The number of ether oxygens (including phenoxy) is 2. The van der Waals surface area contributed by atoms with Gasteiger partial charge in [-0.2, -0.15) is 4.39 Å². The molecule has 1 aliphatic heterocycles. The molecule has 0 spiro atoms. The lowest BCUT2D eigenvalue weighted by molar-refractivity contribution is -0.108. The summed E-state index contributed by atoms with van der Waals surface area (Å²) in [6.45, 7) is 2.34. The molecule has 2 rings (SSSR count). The van der Waals surface area contributed by atoms with E-state index in [9.17, 15) is 14.3 Å². The number of phenols is 1. The topological polar surface area (TPSA) is 55.8 Å². The first kappa shape index (κ1) is 11.7. The average Bonchev–Trinajstić information content (AvgIpc) is 2.34. The van der Waals surface area contributed by atoms with E-state index in [0.29, 0.717) is 12.2 Å². The molecule has 1 aromatic rings. The van der Waals surface area contributed by atoms with Gasteiger partial charge in [0.25, 0.3) is 0 Å². The monoisotopic (exact) mass is 240 g/mol. The number of carbonyl (C=O) groups excluding carboxylic acids is 1. The van der Waals surface area contributed by atoms with Gasteiger partial charge in [0.15, 0.2) is 11.5 Å². The van der Waals surface area contributed by atoms with Crippen LogP contribution in [0, 0.1) is 5.82 Å². The van der Waals surface area contributed by atoms with Crippen molar-refractivity contribution in [3.8, 4) is 17.2 Å². The van der Waals surface area contributed by atoms with Gasteiger partial charge in [0.2, 0.25) is 11.6 Å². The molecule has 0 amide bonds. The van der Waals surface area contributed by atoms with Crippen molar-refractivity contribution in [2.24, 2.45) is 0 Å². The number of carbonyl (C=O) groups is 1. The number of halogens is 1. The Morgan fingerprint density at radius 3 is 2.94 bits per heavy atom. The molecule has 4 nitrogen and oxygen atoms in total. The van der Waals surface area contributed by atoms with E-state index in [-0.39, 0.29) is 30.4 Å². The third-order valence-electron chi connectivity index (χ3n) is 2.76. The van der Waals surface area contributed by atoms with Crippen molar-refractivity contribution in [2.75, 3.05) is 13.2 Å². The molecular weight excluding hydrogens is 227 g/mol. The Morgan fingerprint density at radius 2 is 2.24 bits per heavy atom. The maximum absolute atomic E-state index is 13.8. The van der Waals surface area contributed by atoms with Gasteiger partial charge in [-0.15, -0.1) is 0 Å². The van der Waals surface area contributed by atoms with Crippen LogP contribution in [0.15, 0.2) is 6.07 Å². The molecule has 0 aliphatic carbocycles. The van der Waals surface area contributed by atoms with Gasteiger partial charge in [-0.25, -0.2) is 0 Å². The van der Waals surface area contributed by atoms with Crippen LogP contribution < -0.4 is 9.47 Å². The number of aromatic hydroxyl groups is 1. The van der Waals surface area contributed by atoms with E-state index >= 15 is 0 Å². The van der Waals surface area contributed by atoms with Crippen molar-refractivity contribution < 1.29 is 23.8 Å². The molecule has 0 radical (unpaired) electrons. The summed E-state index contributed by atoms with van der Waals surface area (Å²) < 4.78 is 24.2. The van der Waals surface area contributed by atoms with Crippen LogP contribution in [0.1, 0.15) is 24.8 Å². The SMILES string of the molecule is CC(CC=O)c1cc2c(c(F)c1O)OCCO2. The zero-order valence-electron chi connectivity index (χ0n) is 9.40. The smallest absolute Gasteiger partial charge is 0.210 e. The molecule has 5 heteroatoms. The van der Waals surface area contributed by atoms with Gasteiger partial charge >= 0.3 is 0 Å². The molecule has 0 saturated carbocycles. The van der Waals surface area contributed by atoms with E-state index in [4.69, 9.17) is 9.47 Å². The van der Waals surface area contributed by atoms with E-state index in [0.717, 1.165) is 6.29 Å². The molecule has 1 aliphatic rings. The van der Waals surface area contributed by atoms with Crippen molar-refractivity contribution in [1.29, 1.82) is 0 Å². The summed E-state index contributed by atoms with van der Waals surface area (Å²) in [5, 5.41) is 9.72.